The van der Waals surface area contributed by atoms with Crippen molar-refractivity contribution in [2.45, 2.75) is 13.0 Å². The predicted molar refractivity (Wildman–Crippen MR) is 64.4 cm³/mol. The Kier molecular flexibility index (Phi) is 3.94. The van der Waals surface area contributed by atoms with Gasteiger partial charge in [-0.05, 0) is 35.4 Å². The summed E-state index contributed by atoms with van der Waals surface area (Å²) >= 11 is 0. The highest BCUT2D eigenvalue weighted by Gasteiger charge is 2.31. The Balaban J connectivity index is 2.36. The van der Waals surface area contributed by atoms with E-state index in [1.165, 1.54) is 30.3 Å². The maximum atomic E-state index is 13.3. The summed E-state index contributed by atoms with van der Waals surface area (Å²) < 4.78 is 53.5. The molecule has 2 aromatic carbocycles. The van der Waals surface area contributed by atoms with Crippen LogP contribution < -0.4 is 4.74 Å². The third-order valence-electron chi connectivity index (χ3n) is 2.62. The first-order valence-electron chi connectivity index (χ1n) is 5.64. The van der Waals surface area contributed by atoms with Gasteiger partial charge in [-0.25, -0.2) is 4.39 Å². The molecule has 106 valence electrons. The van der Waals surface area contributed by atoms with Crippen molar-refractivity contribution >= 4 is 0 Å². The van der Waals surface area contributed by atoms with Gasteiger partial charge in [0, 0.05) is 5.56 Å². The predicted octanol–water partition coefficient (Wildman–Crippen LogP) is 3.88. The number of ether oxygens (including phenoxy) is 1. The molecular weight excluding hydrogens is 276 g/mol. The van der Waals surface area contributed by atoms with Crippen LogP contribution in [0.4, 0.5) is 17.6 Å². The van der Waals surface area contributed by atoms with E-state index >= 15 is 0 Å². The fourth-order valence-electron chi connectivity index (χ4n) is 1.75. The van der Waals surface area contributed by atoms with Gasteiger partial charge in [-0.2, -0.15) is 0 Å². The molecule has 1 N–H and O–H groups in total. The first-order valence-corrected chi connectivity index (χ1v) is 5.64. The number of rotatable bonds is 3. The molecule has 0 aromatic heterocycles. The van der Waals surface area contributed by atoms with Crippen molar-refractivity contribution in [1.82, 2.24) is 0 Å². The van der Waals surface area contributed by atoms with Crippen molar-refractivity contribution in [3.63, 3.8) is 0 Å². The highest BCUT2D eigenvalue weighted by Crippen LogP contribution is 2.28. The van der Waals surface area contributed by atoms with Gasteiger partial charge in [-0.3, -0.25) is 0 Å². The average molecular weight is 286 g/mol. The van der Waals surface area contributed by atoms with E-state index in [0.717, 1.165) is 6.07 Å². The molecule has 6 heteroatoms. The summed E-state index contributed by atoms with van der Waals surface area (Å²) in [6, 6.07) is 9.28. The minimum atomic E-state index is -4.77. The van der Waals surface area contributed by atoms with Crippen LogP contribution in [0.2, 0.25) is 0 Å². The summed E-state index contributed by atoms with van der Waals surface area (Å²) in [5.41, 5.74) is 0.995. The summed E-state index contributed by atoms with van der Waals surface area (Å²) in [7, 11) is 0. The molecule has 2 aromatic rings. The first kappa shape index (κ1) is 14.3. The quantitative estimate of drug-likeness (QED) is 0.868. The number of aliphatic hydroxyl groups is 1. The molecule has 0 unspecified atom stereocenters. The van der Waals surface area contributed by atoms with E-state index in [9.17, 15) is 17.6 Å². The molecule has 20 heavy (non-hydrogen) atoms. The van der Waals surface area contributed by atoms with E-state index in [0.29, 0.717) is 11.1 Å². The summed E-state index contributed by atoms with van der Waals surface area (Å²) in [5.74, 6) is -0.927. The third-order valence-corrected chi connectivity index (χ3v) is 2.62. The van der Waals surface area contributed by atoms with E-state index in [4.69, 9.17) is 5.11 Å². The van der Waals surface area contributed by atoms with Gasteiger partial charge in [-0.15, -0.1) is 13.2 Å². The number of halogens is 4. The summed E-state index contributed by atoms with van der Waals surface area (Å²) in [6.07, 6.45) is -4.77. The van der Waals surface area contributed by atoms with E-state index in [2.05, 4.69) is 4.74 Å². The standard InChI is InChI=1S/C14H10F4O2/c15-13-5-4-10(6-11(13)8-19)9-2-1-3-12(7-9)20-14(16,17)18/h1-7,19H,8H2. The molecule has 0 spiro atoms. The fourth-order valence-corrected chi connectivity index (χ4v) is 1.75. The second-order valence-corrected chi connectivity index (χ2v) is 4.04. The van der Waals surface area contributed by atoms with E-state index in [1.807, 2.05) is 0 Å². The van der Waals surface area contributed by atoms with Gasteiger partial charge >= 0.3 is 6.36 Å². The Morgan fingerprint density at radius 1 is 1.00 bits per heavy atom. The molecule has 0 amide bonds. The molecule has 0 saturated carbocycles. The van der Waals surface area contributed by atoms with Crippen molar-refractivity contribution in [1.29, 1.82) is 0 Å². The van der Waals surface area contributed by atoms with Gasteiger partial charge in [0.05, 0.1) is 6.61 Å². The van der Waals surface area contributed by atoms with Gasteiger partial charge in [-0.1, -0.05) is 18.2 Å². The van der Waals surface area contributed by atoms with Gasteiger partial charge in [0.15, 0.2) is 0 Å². The lowest BCUT2D eigenvalue weighted by Gasteiger charge is -2.10. The minimum absolute atomic E-state index is 0.0737. The molecule has 0 bridgehead atoms. The zero-order valence-corrected chi connectivity index (χ0v) is 10.1. The highest BCUT2D eigenvalue weighted by molar-refractivity contribution is 5.65. The average Bonchev–Trinajstić information content (AvgIpc) is 2.37. The Morgan fingerprint density at radius 3 is 2.35 bits per heavy atom. The number of alkyl halides is 3. The fraction of sp³-hybridized carbons (Fsp3) is 0.143. The lowest BCUT2D eigenvalue weighted by atomic mass is 10.0. The van der Waals surface area contributed by atoms with Crippen LogP contribution in [0.15, 0.2) is 42.5 Å². The molecule has 0 saturated heterocycles. The van der Waals surface area contributed by atoms with E-state index < -0.39 is 18.8 Å². The molecule has 2 rings (SSSR count). The first-order chi connectivity index (χ1) is 9.39. The van der Waals surface area contributed by atoms with Crippen LogP contribution in [0.3, 0.4) is 0 Å². The molecule has 2 nitrogen and oxygen atoms in total. The molecule has 0 radical (unpaired) electrons. The van der Waals surface area contributed by atoms with Gasteiger partial charge in [0.25, 0.3) is 0 Å². The molecular formula is C14H10F4O2. The molecule has 0 heterocycles. The molecule has 0 fully saturated rings. The Labute approximate surface area is 112 Å². The minimum Gasteiger partial charge on any atom is -0.406 e. The van der Waals surface area contributed by atoms with Crippen molar-refractivity contribution in [2.24, 2.45) is 0 Å². The van der Waals surface area contributed by atoms with Crippen molar-refractivity contribution in [2.75, 3.05) is 0 Å². The summed E-state index contributed by atoms with van der Waals surface area (Å²) in [6.45, 7) is -0.488. The smallest absolute Gasteiger partial charge is 0.406 e. The SMILES string of the molecule is OCc1cc(-c2cccc(OC(F)(F)F)c2)ccc1F. The third kappa shape index (κ3) is 3.48. The molecule has 0 atom stereocenters. The van der Waals surface area contributed by atoms with Crippen LogP contribution in [0.25, 0.3) is 11.1 Å². The van der Waals surface area contributed by atoms with E-state index in [1.54, 1.807) is 6.07 Å². The molecule has 0 aliphatic carbocycles. The topological polar surface area (TPSA) is 29.5 Å². The van der Waals surface area contributed by atoms with Crippen molar-refractivity contribution in [3.05, 3.63) is 53.8 Å². The Hall–Kier alpha value is -2.08. The lowest BCUT2D eigenvalue weighted by Crippen LogP contribution is -2.17. The maximum absolute atomic E-state index is 13.3. The van der Waals surface area contributed by atoms with Gasteiger partial charge in [0.2, 0.25) is 0 Å². The number of benzene rings is 2. The number of hydrogen-bond donors (Lipinski definition) is 1. The van der Waals surface area contributed by atoms with Crippen LogP contribution in [-0.2, 0) is 6.61 Å². The van der Waals surface area contributed by atoms with Gasteiger partial charge < -0.3 is 9.84 Å². The lowest BCUT2D eigenvalue weighted by molar-refractivity contribution is -0.274. The van der Waals surface area contributed by atoms with Gasteiger partial charge in [0.1, 0.15) is 11.6 Å². The zero-order valence-electron chi connectivity index (χ0n) is 10.1. The Morgan fingerprint density at radius 2 is 1.70 bits per heavy atom. The van der Waals surface area contributed by atoms with Crippen LogP contribution >= 0.6 is 0 Å². The van der Waals surface area contributed by atoms with Crippen molar-refractivity contribution < 1.29 is 27.4 Å². The second kappa shape index (κ2) is 5.50. The number of aliphatic hydroxyl groups excluding tert-OH is 1. The second-order valence-electron chi connectivity index (χ2n) is 4.04. The molecule has 0 aliphatic heterocycles. The van der Waals surface area contributed by atoms with Crippen LogP contribution in [-0.4, -0.2) is 11.5 Å². The molecule has 0 aliphatic rings. The van der Waals surface area contributed by atoms with Crippen LogP contribution in [0.1, 0.15) is 5.56 Å². The summed E-state index contributed by atoms with van der Waals surface area (Å²) in [4.78, 5) is 0. The monoisotopic (exact) mass is 286 g/mol. The van der Waals surface area contributed by atoms with E-state index in [-0.39, 0.29) is 11.3 Å². The normalized spacial score (nSPS) is 11.4. The van der Waals surface area contributed by atoms with Crippen molar-refractivity contribution in [3.8, 4) is 16.9 Å². The zero-order chi connectivity index (χ0) is 14.8. The Bertz CT molecular complexity index is 608. The summed E-state index contributed by atoms with van der Waals surface area (Å²) in [5, 5.41) is 8.98. The largest absolute Gasteiger partial charge is 0.573 e. The number of hydrogen-bond acceptors (Lipinski definition) is 2. The highest BCUT2D eigenvalue weighted by atomic mass is 19.4. The van der Waals surface area contributed by atoms with Crippen LogP contribution in [0, 0.1) is 5.82 Å². The maximum Gasteiger partial charge on any atom is 0.573 e. The van der Waals surface area contributed by atoms with Crippen LogP contribution in [0.5, 0.6) is 5.75 Å².